The van der Waals surface area contributed by atoms with E-state index in [0.717, 1.165) is 12.1 Å². The van der Waals surface area contributed by atoms with Crippen LogP contribution in [0.1, 0.15) is 37.8 Å². The molecule has 7 heteroatoms. The van der Waals surface area contributed by atoms with Gasteiger partial charge in [-0.2, -0.15) is 13.2 Å². The van der Waals surface area contributed by atoms with Crippen LogP contribution in [-0.2, 0) is 21.2 Å². The van der Waals surface area contributed by atoms with Gasteiger partial charge >= 0.3 is 6.18 Å². The van der Waals surface area contributed by atoms with Crippen molar-refractivity contribution in [2.45, 2.75) is 38.3 Å². The van der Waals surface area contributed by atoms with Gasteiger partial charge in [0.05, 0.1) is 16.9 Å². The quantitative estimate of drug-likeness (QED) is 0.918. The average molecular weight is 342 g/mol. The van der Waals surface area contributed by atoms with E-state index in [1.54, 1.807) is 13.8 Å². The summed E-state index contributed by atoms with van der Waals surface area (Å²) in [6.45, 7) is 3.89. The summed E-state index contributed by atoms with van der Waals surface area (Å²) in [7, 11) is 0. The second-order valence-electron chi connectivity index (χ2n) is 6.70. The lowest BCUT2D eigenvalue weighted by Crippen LogP contribution is -2.50. The molecule has 1 aromatic rings. The first-order valence-electron chi connectivity index (χ1n) is 7.80. The fourth-order valence-corrected chi connectivity index (χ4v) is 3.00. The summed E-state index contributed by atoms with van der Waals surface area (Å²) in [6, 6.07) is 4.81. The molecule has 0 spiro atoms. The number of halogens is 3. The van der Waals surface area contributed by atoms with Gasteiger partial charge in [-0.25, -0.2) is 0 Å². The van der Waals surface area contributed by atoms with Gasteiger partial charge in [-0.1, -0.05) is 18.2 Å². The molecule has 0 aromatic heterocycles. The maximum atomic E-state index is 12.9. The van der Waals surface area contributed by atoms with Crippen LogP contribution in [0.15, 0.2) is 24.3 Å². The molecule has 1 fully saturated rings. The largest absolute Gasteiger partial charge is 0.416 e. The van der Waals surface area contributed by atoms with Crippen LogP contribution in [0, 0.1) is 5.92 Å². The molecule has 0 bridgehead atoms. The van der Waals surface area contributed by atoms with Crippen molar-refractivity contribution < 1.29 is 22.8 Å². The Labute approximate surface area is 138 Å². The number of likely N-dealkylation sites (tertiary alicyclic amines) is 1. The van der Waals surface area contributed by atoms with Gasteiger partial charge in [0.25, 0.3) is 0 Å². The van der Waals surface area contributed by atoms with Gasteiger partial charge in [0.1, 0.15) is 0 Å². The van der Waals surface area contributed by atoms with Crippen LogP contribution >= 0.6 is 0 Å². The first-order valence-corrected chi connectivity index (χ1v) is 7.80. The molecule has 0 radical (unpaired) electrons. The van der Waals surface area contributed by atoms with Gasteiger partial charge in [-0.05, 0) is 38.3 Å². The van der Waals surface area contributed by atoms with Gasteiger partial charge in [0.15, 0.2) is 0 Å². The number of rotatable bonds is 3. The number of hydrogen-bond donors (Lipinski definition) is 1. The number of carbonyl (C=O) groups is 2. The van der Waals surface area contributed by atoms with E-state index < -0.39 is 29.0 Å². The Morgan fingerprint density at radius 2 is 1.83 bits per heavy atom. The van der Waals surface area contributed by atoms with Crippen LogP contribution in [0.2, 0.25) is 0 Å². The fraction of sp³-hybridized carbons (Fsp3) is 0.529. The van der Waals surface area contributed by atoms with Gasteiger partial charge in [0, 0.05) is 13.1 Å². The Hall–Kier alpha value is -2.05. The minimum absolute atomic E-state index is 0.219. The van der Waals surface area contributed by atoms with E-state index in [9.17, 15) is 22.8 Å². The predicted molar refractivity (Wildman–Crippen MR) is 83.0 cm³/mol. The Bertz CT molecular complexity index is 641. The van der Waals surface area contributed by atoms with Gasteiger partial charge < -0.3 is 10.6 Å². The van der Waals surface area contributed by atoms with Gasteiger partial charge in [0.2, 0.25) is 11.8 Å². The van der Waals surface area contributed by atoms with Crippen molar-refractivity contribution >= 4 is 11.8 Å². The smallest absolute Gasteiger partial charge is 0.369 e. The summed E-state index contributed by atoms with van der Waals surface area (Å²) in [4.78, 5) is 25.7. The number of nitrogens with two attached hydrogens (primary N) is 1. The molecular weight excluding hydrogens is 321 g/mol. The normalized spacial score (nSPS) is 19.2. The van der Waals surface area contributed by atoms with Crippen molar-refractivity contribution in [3.63, 3.8) is 0 Å². The second-order valence-corrected chi connectivity index (χ2v) is 6.70. The van der Waals surface area contributed by atoms with E-state index in [1.165, 1.54) is 17.0 Å². The standard InChI is InChI=1S/C17H21F3N2O2/c1-16(2,12-6-3-7-13(9-12)17(18,19)20)15(24)22-8-4-5-11(10-22)14(21)23/h3,6-7,9,11H,4-5,8,10H2,1-2H3,(H2,21,23)/t11-/m1/s1. The zero-order valence-electron chi connectivity index (χ0n) is 13.7. The molecule has 0 aliphatic carbocycles. The zero-order chi connectivity index (χ0) is 18.1. The number of amides is 2. The molecule has 24 heavy (non-hydrogen) atoms. The van der Waals surface area contributed by atoms with E-state index in [1.807, 2.05) is 0 Å². The van der Waals surface area contributed by atoms with Crippen LogP contribution < -0.4 is 5.73 Å². The number of primary amides is 1. The number of piperidine rings is 1. The van der Waals surface area contributed by atoms with E-state index in [-0.39, 0.29) is 12.5 Å². The number of hydrogen-bond acceptors (Lipinski definition) is 2. The van der Waals surface area contributed by atoms with Crippen molar-refractivity contribution in [1.82, 2.24) is 4.90 Å². The van der Waals surface area contributed by atoms with Gasteiger partial charge in [-0.3, -0.25) is 9.59 Å². The summed E-state index contributed by atoms with van der Waals surface area (Å²) in [5.41, 5.74) is 3.70. The van der Waals surface area contributed by atoms with E-state index in [0.29, 0.717) is 24.9 Å². The number of nitrogens with zero attached hydrogens (tertiary/aromatic N) is 1. The fourth-order valence-electron chi connectivity index (χ4n) is 3.00. The van der Waals surface area contributed by atoms with Crippen LogP contribution in [0.25, 0.3) is 0 Å². The highest BCUT2D eigenvalue weighted by Gasteiger charge is 2.38. The molecule has 1 atom stereocenters. The van der Waals surface area contributed by atoms with E-state index >= 15 is 0 Å². The SMILES string of the molecule is CC(C)(C(=O)N1CCC[C@@H](C(N)=O)C1)c1cccc(C(F)(F)F)c1. The molecule has 0 unspecified atom stereocenters. The number of carbonyl (C=O) groups excluding carboxylic acids is 2. The third kappa shape index (κ3) is 3.71. The van der Waals surface area contributed by atoms with Crippen molar-refractivity contribution in [2.75, 3.05) is 13.1 Å². The van der Waals surface area contributed by atoms with Crippen LogP contribution in [0.5, 0.6) is 0 Å². The van der Waals surface area contributed by atoms with E-state index in [2.05, 4.69) is 0 Å². The molecule has 132 valence electrons. The molecule has 4 nitrogen and oxygen atoms in total. The molecule has 1 aliphatic heterocycles. The summed E-state index contributed by atoms with van der Waals surface area (Å²) >= 11 is 0. The molecular formula is C17H21F3N2O2. The molecule has 1 aromatic carbocycles. The van der Waals surface area contributed by atoms with Crippen molar-refractivity contribution in [3.8, 4) is 0 Å². The van der Waals surface area contributed by atoms with Crippen molar-refractivity contribution in [1.29, 1.82) is 0 Å². The van der Waals surface area contributed by atoms with Crippen LogP contribution in [-0.4, -0.2) is 29.8 Å². The number of benzene rings is 1. The Morgan fingerprint density at radius 1 is 1.21 bits per heavy atom. The molecule has 2 amide bonds. The lowest BCUT2D eigenvalue weighted by Gasteiger charge is -2.37. The molecule has 1 saturated heterocycles. The summed E-state index contributed by atoms with van der Waals surface area (Å²) < 4.78 is 38.7. The molecule has 2 rings (SSSR count). The Balaban J connectivity index is 2.26. The zero-order valence-corrected chi connectivity index (χ0v) is 13.7. The Morgan fingerprint density at radius 3 is 2.42 bits per heavy atom. The highest BCUT2D eigenvalue weighted by Crippen LogP contribution is 2.34. The summed E-state index contributed by atoms with van der Waals surface area (Å²) in [5.74, 6) is -1.16. The first kappa shape index (κ1) is 18.3. The van der Waals surface area contributed by atoms with Gasteiger partial charge in [-0.15, -0.1) is 0 Å². The number of alkyl halides is 3. The maximum Gasteiger partial charge on any atom is 0.416 e. The highest BCUT2D eigenvalue weighted by molar-refractivity contribution is 5.88. The molecule has 1 aliphatic rings. The third-order valence-electron chi connectivity index (χ3n) is 4.56. The maximum absolute atomic E-state index is 12.9. The van der Waals surface area contributed by atoms with E-state index in [4.69, 9.17) is 5.73 Å². The Kier molecular flexibility index (Phi) is 4.92. The van der Waals surface area contributed by atoms with Crippen molar-refractivity contribution in [2.24, 2.45) is 11.7 Å². The summed E-state index contributed by atoms with van der Waals surface area (Å²) in [6.07, 6.45) is -3.18. The molecule has 2 N–H and O–H groups in total. The lowest BCUT2D eigenvalue weighted by molar-refractivity contribution is -0.140. The molecule has 1 heterocycles. The summed E-state index contributed by atoms with van der Waals surface area (Å²) in [5, 5.41) is 0. The van der Waals surface area contributed by atoms with Crippen molar-refractivity contribution in [3.05, 3.63) is 35.4 Å². The predicted octanol–water partition coefficient (Wildman–Crippen LogP) is 2.71. The topological polar surface area (TPSA) is 63.4 Å². The first-order chi connectivity index (χ1) is 11.0. The average Bonchev–Trinajstić information content (AvgIpc) is 2.53. The monoisotopic (exact) mass is 342 g/mol. The second kappa shape index (κ2) is 6.45. The van der Waals surface area contributed by atoms with Crippen LogP contribution in [0.4, 0.5) is 13.2 Å². The van der Waals surface area contributed by atoms with Crippen LogP contribution in [0.3, 0.4) is 0 Å². The lowest BCUT2D eigenvalue weighted by atomic mass is 9.81. The minimum atomic E-state index is -4.46. The minimum Gasteiger partial charge on any atom is -0.369 e. The third-order valence-corrected chi connectivity index (χ3v) is 4.56. The highest BCUT2D eigenvalue weighted by atomic mass is 19.4. The molecule has 0 saturated carbocycles.